The Hall–Kier alpha value is -3.10. The number of urea groups is 1. The molecule has 154 valence electrons. The molecule has 1 N–H and O–H groups in total. The molecule has 0 radical (unpaired) electrons. The Balaban J connectivity index is 1.84. The Morgan fingerprint density at radius 1 is 1.10 bits per heavy atom. The number of imide groups is 2. The summed E-state index contributed by atoms with van der Waals surface area (Å²) in [5, 5.41) is 3.14. The molecule has 0 saturated carbocycles. The molecule has 2 aliphatic heterocycles. The third-order valence-corrected chi connectivity index (χ3v) is 5.72. The number of hydrogen-bond donors (Lipinski definition) is 1. The van der Waals surface area contributed by atoms with Crippen LogP contribution in [-0.2, 0) is 26.4 Å². The molecule has 0 unspecified atom stereocenters. The first-order chi connectivity index (χ1) is 14.3. The smallest absolute Gasteiger partial charge is 0.419 e. The van der Waals surface area contributed by atoms with Crippen molar-refractivity contribution in [2.75, 3.05) is 11.9 Å². The summed E-state index contributed by atoms with van der Waals surface area (Å²) in [6.45, 7) is 1.31. The third-order valence-electron chi connectivity index (χ3n) is 4.98. The van der Waals surface area contributed by atoms with E-state index in [0.717, 1.165) is 4.90 Å². The van der Waals surface area contributed by atoms with Crippen molar-refractivity contribution in [3.05, 3.63) is 63.6 Å². The summed E-state index contributed by atoms with van der Waals surface area (Å²) < 4.78 is 5.00. The second-order valence-corrected chi connectivity index (χ2v) is 7.48. The van der Waals surface area contributed by atoms with E-state index >= 15 is 0 Å². The maximum absolute atomic E-state index is 13.5. The predicted octanol–water partition coefficient (Wildman–Crippen LogP) is 3.76. The first kappa shape index (κ1) is 20.2. The van der Waals surface area contributed by atoms with Crippen molar-refractivity contribution in [2.24, 2.45) is 0 Å². The van der Waals surface area contributed by atoms with Gasteiger partial charge in [0, 0.05) is 11.3 Å². The number of halogens is 2. The number of carbonyl (C=O) groups excluding carboxylic acids is 4. The van der Waals surface area contributed by atoms with Crippen molar-refractivity contribution in [1.29, 1.82) is 0 Å². The van der Waals surface area contributed by atoms with E-state index < -0.39 is 29.5 Å². The topological polar surface area (TPSA) is 96.0 Å². The molecule has 1 fully saturated rings. The number of fused-ring (bicyclic) bond motifs is 2. The van der Waals surface area contributed by atoms with E-state index in [-0.39, 0.29) is 23.7 Å². The van der Waals surface area contributed by atoms with E-state index in [4.69, 9.17) is 27.9 Å². The van der Waals surface area contributed by atoms with Gasteiger partial charge in [-0.25, -0.2) is 9.59 Å². The lowest BCUT2D eigenvalue weighted by Gasteiger charge is -2.26. The minimum Gasteiger partial charge on any atom is -0.449 e. The molecule has 0 bridgehead atoms. The highest BCUT2D eigenvalue weighted by Crippen LogP contribution is 2.46. The molecule has 2 aromatic carbocycles. The summed E-state index contributed by atoms with van der Waals surface area (Å²) >= 11 is 12.0. The second kappa shape index (κ2) is 7.30. The number of ether oxygens (including phenoxy) is 1. The van der Waals surface area contributed by atoms with Gasteiger partial charge in [0.25, 0.3) is 11.8 Å². The van der Waals surface area contributed by atoms with E-state index in [9.17, 15) is 19.2 Å². The lowest BCUT2D eigenvalue weighted by Crippen LogP contribution is -2.54. The van der Waals surface area contributed by atoms with Crippen molar-refractivity contribution in [1.82, 2.24) is 9.80 Å². The van der Waals surface area contributed by atoms with Crippen molar-refractivity contribution >= 4 is 52.8 Å². The molecule has 30 heavy (non-hydrogen) atoms. The Bertz CT molecular complexity index is 1110. The normalized spacial score (nSPS) is 20.0. The van der Waals surface area contributed by atoms with Crippen molar-refractivity contribution < 1.29 is 23.9 Å². The highest BCUT2D eigenvalue weighted by atomic mass is 35.5. The Morgan fingerprint density at radius 3 is 2.53 bits per heavy atom. The Kier molecular flexibility index (Phi) is 4.91. The summed E-state index contributed by atoms with van der Waals surface area (Å²) in [6, 6.07) is 10.1. The fourth-order valence-corrected chi connectivity index (χ4v) is 4.00. The maximum atomic E-state index is 13.5. The lowest BCUT2D eigenvalue weighted by molar-refractivity contribution is -0.140. The standard InChI is InChI=1S/C20H15Cl2N3O5/c1-2-30-19(29)25-18(28)24(10-11-7-8-13(21)14(22)9-11)17(27)20(25)12-5-3-4-6-15(12)23-16(20)26/h3-9H,2,10H2,1H3,(H,23,26)/t20-/m1/s1. The van der Waals surface area contributed by atoms with Gasteiger partial charge in [0.15, 0.2) is 0 Å². The molecule has 0 aliphatic carbocycles. The minimum absolute atomic E-state index is 0.0387. The Labute approximate surface area is 181 Å². The summed E-state index contributed by atoms with van der Waals surface area (Å²) in [5.74, 6) is -1.65. The molecule has 2 heterocycles. The SMILES string of the molecule is CCOC(=O)N1C(=O)N(Cc2ccc(Cl)c(Cl)c2)C(=O)[C@@]12C(=O)Nc1ccccc12. The van der Waals surface area contributed by atoms with Gasteiger partial charge >= 0.3 is 12.1 Å². The van der Waals surface area contributed by atoms with Crippen LogP contribution in [0.25, 0.3) is 0 Å². The maximum Gasteiger partial charge on any atom is 0.419 e. The molecule has 10 heteroatoms. The van der Waals surface area contributed by atoms with Crippen LogP contribution in [0.2, 0.25) is 10.0 Å². The van der Waals surface area contributed by atoms with Crippen LogP contribution in [0.3, 0.4) is 0 Å². The van der Waals surface area contributed by atoms with E-state index in [0.29, 0.717) is 21.2 Å². The predicted molar refractivity (Wildman–Crippen MR) is 108 cm³/mol. The van der Waals surface area contributed by atoms with Crippen LogP contribution < -0.4 is 5.32 Å². The highest BCUT2D eigenvalue weighted by Gasteiger charge is 2.69. The molecule has 1 spiro atoms. The van der Waals surface area contributed by atoms with Gasteiger partial charge in [-0.3, -0.25) is 14.5 Å². The van der Waals surface area contributed by atoms with Crippen molar-refractivity contribution in [3.63, 3.8) is 0 Å². The van der Waals surface area contributed by atoms with Gasteiger partial charge in [0.05, 0.1) is 23.2 Å². The zero-order chi connectivity index (χ0) is 21.6. The molecule has 4 rings (SSSR count). The van der Waals surface area contributed by atoms with E-state index in [1.54, 1.807) is 31.2 Å². The highest BCUT2D eigenvalue weighted by molar-refractivity contribution is 6.42. The van der Waals surface area contributed by atoms with Gasteiger partial charge in [-0.05, 0) is 30.7 Å². The molecule has 1 saturated heterocycles. The molecule has 8 nitrogen and oxygen atoms in total. The lowest BCUT2D eigenvalue weighted by atomic mass is 9.89. The molecule has 5 amide bonds. The van der Waals surface area contributed by atoms with Crippen LogP contribution in [0, 0.1) is 0 Å². The van der Waals surface area contributed by atoms with Crippen LogP contribution in [0.4, 0.5) is 15.3 Å². The molecule has 0 aromatic heterocycles. The van der Waals surface area contributed by atoms with Crippen molar-refractivity contribution in [3.8, 4) is 0 Å². The third kappa shape index (κ3) is 2.75. The van der Waals surface area contributed by atoms with E-state index in [2.05, 4.69) is 5.32 Å². The van der Waals surface area contributed by atoms with Gasteiger partial charge in [-0.15, -0.1) is 0 Å². The van der Waals surface area contributed by atoms with Crippen LogP contribution in [0.15, 0.2) is 42.5 Å². The van der Waals surface area contributed by atoms with E-state index in [1.807, 2.05) is 0 Å². The number of hydrogen-bond acceptors (Lipinski definition) is 5. The quantitative estimate of drug-likeness (QED) is 0.570. The van der Waals surface area contributed by atoms with Crippen molar-refractivity contribution in [2.45, 2.75) is 19.0 Å². The average Bonchev–Trinajstić information content (AvgIpc) is 3.12. The molecular weight excluding hydrogens is 433 g/mol. The molecule has 2 aromatic rings. The average molecular weight is 448 g/mol. The number of anilines is 1. The summed E-state index contributed by atoms with van der Waals surface area (Å²) in [7, 11) is 0. The zero-order valence-corrected chi connectivity index (χ0v) is 17.2. The summed E-state index contributed by atoms with van der Waals surface area (Å²) in [4.78, 5) is 53.9. The first-order valence-electron chi connectivity index (χ1n) is 9.00. The van der Waals surface area contributed by atoms with Gasteiger partial charge in [-0.1, -0.05) is 47.5 Å². The molecule has 2 aliphatic rings. The number of para-hydroxylation sites is 1. The number of nitrogens with zero attached hydrogens (tertiary/aromatic N) is 2. The fourth-order valence-electron chi connectivity index (χ4n) is 3.68. The van der Waals surface area contributed by atoms with Gasteiger partial charge in [-0.2, -0.15) is 4.90 Å². The summed E-state index contributed by atoms with van der Waals surface area (Å²) in [6.07, 6.45) is -1.08. The first-order valence-corrected chi connectivity index (χ1v) is 9.75. The monoisotopic (exact) mass is 447 g/mol. The largest absolute Gasteiger partial charge is 0.449 e. The number of rotatable bonds is 3. The number of benzene rings is 2. The summed E-state index contributed by atoms with van der Waals surface area (Å²) in [5.41, 5.74) is -1.12. The van der Waals surface area contributed by atoms with E-state index in [1.165, 1.54) is 18.2 Å². The fraction of sp³-hybridized carbons (Fsp3) is 0.200. The van der Waals surface area contributed by atoms with Crippen LogP contribution in [0.5, 0.6) is 0 Å². The molecular formula is C20H15Cl2N3O5. The molecule has 1 atom stereocenters. The van der Waals surface area contributed by atoms with Crippen LogP contribution in [0.1, 0.15) is 18.1 Å². The number of amides is 5. The number of carbonyl (C=O) groups is 4. The van der Waals surface area contributed by atoms with Gasteiger partial charge < -0.3 is 10.1 Å². The number of nitrogens with one attached hydrogen (secondary N) is 1. The second-order valence-electron chi connectivity index (χ2n) is 6.67. The van der Waals surface area contributed by atoms with Crippen LogP contribution in [-0.4, -0.2) is 40.3 Å². The zero-order valence-electron chi connectivity index (χ0n) is 15.6. The Morgan fingerprint density at radius 2 is 1.83 bits per heavy atom. The van der Waals surface area contributed by atoms with Crippen LogP contribution >= 0.6 is 23.2 Å². The van der Waals surface area contributed by atoms with Gasteiger partial charge in [0.1, 0.15) is 0 Å². The minimum atomic E-state index is -2.17. The van der Waals surface area contributed by atoms with Gasteiger partial charge in [0.2, 0.25) is 5.54 Å².